The van der Waals surface area contributed by atoms with Crippen LogP contribution in [0.15, 0.2) is 18.2 Å². The summed E-state index contributed by atoms with van der Waals surface area (Å²) in [6.45, 7) is 3.67. The lowest BCUT2D eigenvalue weighted by atomic mass is 9.98. The van der Waals surface area contributed by atoms with Crippen LogP contribution >= 0.6 is 0 Å². The van der Waals surface area contributed by atoms with E-state index in [1.807, 2.05) is 4.90 Å². The maximum atomic E-state index is 13.3. The van der Waals surface area contributed by atoms with E-state index in [1.54, 1.807) is 12.1 Å². The Labute approximate surface area is 124 Å². The number of benzene rings is 1. The molecule has 0 saturated carbocycles. The molecule has 1 aromatic rings. The Balaban J connectivity index is 2.30. The predicted molar refractivity (Wildman–Crippen MR) is 79.2 cm³/mol. The molecule has 1 atom stereocenters. The van der Waals surface area contributed by atoms with Crippen molar-refractivity contribution in [3.8, 4) is 0 Å². The Morgan fingerprint density at radius 2 is 2.00 bits per heavy atom. The second kappa shape index (κ2) is 6.69. The zero-order chi connectivity index (χ0) is 15.5. The fraction of sp³-hybridized carbons (Fsp3) is 0.625. The Bertz CT molecular complexity index is 471. The molecule has 1 heterocycles. The van der Waals surface area contributed by atoms with Crippen molar-refractivity contribution in [3.63, 3.8) is 0 Å². The summed E-state index contributed by atoms with van der Waals surface area (Å²) in [4.78, 5) is 1.89. The van der Waals surface area contributed by atoms with Crippen molar-refractivity contribution in [3.05, 3.63) is 29.3 Å². The first-order valence-electron chi connectivity index (χ1n) is 7.60. The smallest absolute Gasteiger partial charge is 0.371 e. The molecule has 1 saturated heterocycles. The molecule has 0 spiro atoms. The average molecular weight is 300 g/mol. The van der Waals surface area contributed by atoms with E-state index in [4.69, 9.17) is 5.73 Å². The molecule has 0 bridgehead atoms. The molecular weight excluding hydrogens is 277 g/mol. The highest BCUT2D eigenvalue weighted by Gasteiger charge is 2.35. The number of alkyl halides is 3. The SMILES string of the molecule is CCC1CCCN(c2ccc(CN)cc2C(F)(F)F)CC1. The number of hydrogen-bond acceptors (Lipinski definition) is 2. The lowest BCUT2D eigenvalue weighted by molar-refractivity contribution is -0.137. The van der Waals surface area contributed by atoms with Crippen LogP contribution in [0.2, 0.25) is 0 Å². The van der Waals surface area contributed by atoms with Crippen molar-refractivity contribution >= 4 is 5.69 Å². The maximum absolute atomic E-state index is 13.3. The van der Waals surface area contributed by atoms with Gasteiger partial charge >= 0.3 is 6.18 Å². The maximum Gasteiger partial charge on any atom is 0.418 e. The van der Waals surface area contributed by atoms with Gasteiger partial charge in [0.15, 0.2) is 0 Å². The third-order valence-corrected chi connectivity index (χ3v) is 4.37. The second-order valence-corrected chi connectivity index (χ2v) is 5.75. The highest BCUT2D eigenvalue weighted by molar-refractivity contribution is 5.56. The Morgan fingerprint density at radius 1 is 1.24 bits per heavy atom. The molecule has 0 amide bonds. The molecular formula is C16H23F3N2. The second-order valence-electron chi connectivity index (χ2n) is 5.75. The molecule has 1 aliphatic rings. The molecule has 21 heavy (non-hydrogen) atoms. The van der Waals surface area contributed by atoms with Gasteiger partial charge in [0.05, 0.1) is 5.56 Å². The van der Waals surface area contributed by atoms with Crippen LogP contribution in [0.4, 0.5) is 18.9 Å². The quantitative estimate of drug-likeness (QED) is 0.907. The van der Waals surface area contributed by atoms with Crippen LogP contribution in [0.3, 0.4) is 0 Å². The summed E-state index contributed by atoms with van der Waals surface area (Å²) in [7, 11) is 0. The van der Waals surface area contributed by atoms with Gasteiger partial charge in [-0.1, -0.05) is 19.4 Å². The molecule has 2 nitrogen and oxygen atoms in total. The van der Waals surface area contributed by atoms with Crippen molar-refractivity contribution in [1.82, 2.24) is 0 Å². The van der Waals surface area contributed by atoms with Gasteiger partial charge in [0.2, 0.25) is 0 Å². The highest BCUT2D eigenvalue weighted by atomic mass is 19.4. The summed E-state index contributed by atoms with van der Waals surface area (Å²) < 4.78 is 39.9. The summed E-state index contributed by atoms with van der Waals surface area (Å²) >= 11 is 0. The van der Waals surface area contributed by atoms with E-state index in [-0.39, 0.29) is 6.54 Å². The fourth-order valence-corrected chi connectivity index (χ4v) is 3.03. The molecule has 2 rings (SSSR count). The van der Waals surface area contributed by atoms with Crippen molar-refractivity contribution in [1.29, 1.82) is 0 Å². The zero-order valence-corrected chi connectivity index (χ0v) is 12.4. The van der Waals surface area contributed by atoms with Gasteiger partial charge in [-0.3, -0.25) is 0 Å². The van der Waals surface area contributed by atoms with Crippen molar-refractivity contribution in [2.45, 2.75) is 45.3 Å². The molecule has 2 N–H and O–H groups in total. The molecule has 0 aliphatic carbocycles. The van der Waals surface area contributed by atoms with Crippen LogP contribution in [0.1, 0.15) is 43.7 Å². The van der Waals surface area contributed by atoms with Gasteiger partial charge in [-0.25, -0.2) is 0 Å². The van der Waals surface area contributed by atoms with E-state index >= 15 is 0 Å². The van der Waals surface area contributed by atoms with Gasteiger partial charge in [-0.2, -0.15) is 13.2 Å². The average Bonchev–Trinajstić information content (AvgIpc) is 2.71. The summed E-state index contributed by atoms with van der Waals surface area (Å²) in [6.07, 6.45) is -0.209. The normalized spacial score (nSPS) is 20.4. The first kappa shape index (κ1) is 16.1. The molecule has 0 aromatic heterocycles. The topological polar surface area (TPSA) is 29.3 Å². The molecule has 0 radical (unpaired) electrons. The van der Waals surface area contributed by atoms with Crippen molar-refractivity contribution in [2.75, 3.05) is 18.0 Å². The van der Waals surface area contributed by atoms with E-state index in [2.05, 4.69) is 6.92 Å². The molecule has 5 heteroatoms. The van der Waals surface area contributed by atoms with Crippen LogP contribution in [0.5, 0.6) is 0 Å². The fourth-order valence-electron chi connectivity index (χ4n) is 3.03. The Morgan fingerprint density at radius 3 is 2.62 bits per heavy atom. The minimum Gasteiger partial charge on any atom is -0.371 e. The molecule has 1 unspecified atom stereocenters. The monoisotopic (exact) mass is 300 g/mol. The molecule has 1 aliphatic heterocycles. The minimum atomic E-state index is -4.34. The van der Waals surface area contributed by atoms with Gasteiger partial charge in [0.25, 0.3) is 0 Å². The number of hydrogen-bond donors (Lipinski definition) is 1. The summed E-state index contributed by atoms with van der Waals surface area (Å²) in [5, 5.41) is 0. The van der Waals surface area contributed by atoms with Crippen LogP contribution in [0.25, 0.3) is 0 Å². The molecule has 1 fully saturated rings. The summed E-state index contributed by atoms with van der Waals surface area (Å²) in [6, 6.07) is 4.47. The lowest BCUT2D eigenvalue weighted by Gasteiger charge is -2.27. The van der Waals surface area contributed by atoms with Gasteiger partial charge in [0.1, 0.15) is 0 Å². The van der Waals surface area contributed by atoms with Crippen LogP contribution in [0, 0.1) is 5.92 Å². The predicted octanol–water partition coefficient (Wildman–Crippen LogP) is 4.18. The first-order valence-corrected chi connectivity index (χ1v) is 7.60. The minimum absolute atomic E-state index is 0.126. The third-order valence-electron chi connectivity index (χ3n) is 4.37. The molecule has 118 valence electrons. The summed E-state index contributed by atoms with van der Waals surface area (Å²) in [5.41, 5.74) is 5.74. The van der Waals surface area contributed by atoms with Gasteiger partial charge in [0, 0.05) is 25.3 Å². The van der Waals surface area contributed by atoms with E-state index < -0.39 is 11.7 Å². The Hall–Kier alpha value is -1.23. The summed E-state index contributed by atoms with van der Waals surface area (Å²) in [5.74, 6) is 0.632. The number of nitrogens with zero attached hydrogens (tertiary/aromatic N) is 1. The van der Waals surface area contributed by atoms with Gasteiger partial charge < -0.3 is 10.6 Å². The first-order chi connectivity index (χ1) is 9.95. The lowest BCUT2D eigenvalue weighted by Crippen LogP contribution is -2.27. The highest BCUT2D eigenvalue weighted by Crippen LogP contribution is 2.38. The van der Waals surface area contributed by atoms with Crippen molar-refractivity contribution in [2.24, 2.45) is 11.7 Å². The van der Waals surface area contributed by atoms with E-state index in [0.29, 0.717) is 30.3 Å². The van der Waals surface area contributed by atoms with Crippen LogP contribution < -0.4 is 10.6 Å². The number of rotatable bonds is 3. The van der Waals surface area contributed by atoms with Crippen LogP contribution in [-0.4, -0.2) is 13.1 Å². The van der Waals surface area contributed by atoms with Gasteiger partial charge in [-0.05, 0) is 42.9 Å². The van der Waals surface area contributed by atoms with E-state index in [9.17, 15) is 13.2 Å². The largest absolute Gasteiger partial charge is 0.418 e. The Kier molecular flexibility index (Phi) is 5.14. The van der Waals surface area contributed by atoms with E-state index in [1.165, 1.54) is 6.07 Å². The number of halogens is 3. The van der Waals surface area contributed by atoms with Gasteiger partial charge in [-0.15, -0.1) is 0 Å². The zero-order valence-electron chi connectivity index (χ0n) is 12.4. The standard InChI is InChI=1S/C16H23F3N2/c1-2-12-4-3-8-21(9-7-12)15-6-5-13(11-20)10-14(15)16(17,18)19/h5-6,10,12H,2-4,7-9,11,20H2,1H3. The van der Waals surface area contributed by atoms with Crippen molar-refractivity contribution < 1.29 is 13.2 Å². The van der Waals surface area contributed by atoms with E-state index in [0.717, 1.165) is 25.7 Å². The number of nitrogens with two attached hydrogens (primary N) is 1. The van der Waals surface area contributed by atoms with Crippen LogP contribution in [-0.2, 0) is 12.7 Å². The number of anilines is 1. The third kappa shape index (κ3) is 3.90. The molecule has 1 aromatic carbocycles.